The Morgan fingerprint density at radius 2 is 1.81 bits per heavy atom. The van der Waals surface area contributed by atoms with Crippen LogP contribution in [0.5, 0.6) is 0 Å². The Morgan fingerprint density at radius 3 is 2.58 bits per heavy atom. The van der Waals surface area contributed by atoms with Crippen LogP contribution >= 0.6 is 0 Å². The molecule has 0 aliphatic heterocycles. The van der Waals surface area contributed by atoms with Crippen LogP contribution in [-0.2, 0) is 13.6 Å². The average Bonchev–Trinajstić information content (AvgIpc) is 3.05. The summed E-state index contributed by atoms with van der Waals surface area (Å²) in [5.74, 6) is -0.414. The number of nitrogens with zero attached hydrogens (tertiary/aromatic N) is 4. The number of carbonyl (C=O) groups excluding carboxylic acids is 2. The first-order valence-corrected chi connectivity index (χ1v) is 9.82. The molecule has 0 radical (unpaired) electrons. The molecular weight excluding hydrogens is 392 g/mol. The van der Waals surface area contributed by atoms with Crippen molar-refractivity contribution in [3.63, 3.8) is 0 Å². The summed E-state index contributed by atoms with van der Waals surface area (Å²) in [7, 11) is 1.81. The summed E-state index contributed by atoms with van der Waals surface area (Å²) < 4.78 is 1.68. The van der Waals surface area contributed by atoms with E-state index in [1.807, 2.05) is 39.1 Å². The van der Waals surface area contributed by atoms with Gasteiger partial charge in [0.2, 0.25) is 0 Å². The van der Waals surface area contributed by atoms with Gasteiger partial charge in [-0.25, -0.2) is 4.98 Å². The van der Waals surface area contributed by atoms with Gasteiger partial charge in [-0.05, 0) is 49.7 Å². The predicted molar refractivity (Wildman–Crippen MR) is 118 cm³/mol. The molecule has 0 aliphatic carbocycles. The van der Waals surface area contributed by atoms with Gasteiger partial charge in [-0.2, -0.15) is 5.10 Å². The molecule has 156 valence electrons. The van der Waals surface area contributed by atoms with Crippen molar-refractivity contribution >= 4 is 28.5 Å². The molecule has 0 spiro atoms. The quantitative estimate of drug-likeness (QED) is 0.522. The van der Waals surface area contributed by atoms with Crippen molar-refractivity contribution < 1.29 is 9.59 Å². The summed E-state index contributed by atoms with van der Waals surface area (Å²) in [5, 5.41) is 11.0. The molecule has 0 saturated heterocycles. The zero-order valence-electron chi connectivity index (χ0n) is 17.5. The fourth-order valence-corrected chi connectivity index (χ4v) is 3.49. The van der Waals surface area contributed by atoms with Crippen molar-refractivity contribution in [1.82, 2.24) is 25.1 Å². The topological polar surface area (TPSA) is 102 Å². The maximum atomic E-state index is 12.9. The monoisotopic (exact) mass is 414 g/mol. The number of rotatable bonds is 5. The Hall–Kier alpha value is -4.07. The van der Waals surface area contributed by atoms with E-state index in [9.17, 15) is 9.59 Å². The lowest BCUT2D eigenvalue weighted by Crippen LogP contribution is -2.23. The summed E-state index contributed by atoms with van der Waals surface area (Å²) in [6.45, 7) is 4.04. The molecule has 2 N–H and O–H groups in total. The molecule has 1 aromatic carbocycles. The second kappa shape index (κ2) is 8.35. The van der Waals surface area contributed by atoms with Crippen LogP contribution in [0.15, 0.2) is 54.9 Å². The maximum absolute atomic E-state index is 12.9. The summed E-state index contributed by atoms with van der Waals surface area (Å²) in [6.07, 6.45) is 3.14. The number of hydrogen-bond donors (Lipinski definition) is 2. The Kier molecular flexibility index (Phi) is 5.44. The number of hydrogen-bond acceptors (Lipinski definition) is 5. The Labute approximate surface area is 179 Å². The standard InChI is InChI=1S/C23H22N6O2/c1-14-11-19(20-15(2)28-29(3)21(20)26-14)23(31)25-13-16-5-4-6-18(12-16)27-22(30)17-7-9-24-10-8-17/h4-12H,13H2,1-3H3,(H,25,31)(H,27,30). The Balaban J connectivity index is 1.49. The van der Waals surface area contributed by atoms with Crippen LogP contribution < -0.4 is 10.6 Å². The van der Waals surface area contributed by atoms with Gasteiger partial charge in [0, 0.05) is 42.9 Å². The molecule has 3 aromatic heterocycles. The van der Waals surface area contributed by atoms with Gasteiger partial charge in [-0.3, -0.25) is 19.3 Å². The molecule has 8 nitrogen and oxygen atoms in total. The highest BCUT2D eigenvalue weighted by molar-refractivity contribution is 6.06. The first kappa shape index (κ1) is 20.2. The summed E-state index contributed by atoms with van der Waals surface area (Å²) in [5.41, 5.74) is 4.79. The fourth-order valence-electron chi connectivity index (χ4n) is 3.49. The molecule has 3 heterocycles. The molecule has 0 saturated carbocycles. The van der Waals surface area contributed by atoms with Gasteiger partial charge >= 0.3 is 0 Å². The van der Waals surface area contributed by atoms with E-state index in [0.29, 0.717) is 29.0 Å². The zero-order chi connectivity index (χ0) is 22.0. The summed E-state index contributed by atoms with van der Waals surface area (Å²) in [4.78, 5) is 33.7. The third kappa shape index (κ3) is 4.28. The largest absolute Gasteiger partial charge is 0.348 e. The third-order valence-corrected chi connectivity index (χ3v) is 4.92. The van der Waals surface area contributed by atoms with Crippen LogP contribution in [0, 0.1) is 13.8 Å². The molecule has 2 amide bonds. The first-order chi connectivity index (χ1) is 14.9. The molecule has 0 fully saturated rings. The van der Waals surface area contributed by atoms with E-state index in [4.69, 9.17) is 0 Å². The van der Waals surface area contributed by atoms with Gasteiger partial charge in [-0.1, -0.05) is 12.1 Å². The molecule has 8 heteroatoms. The number of benzene rings is 1. The molecule has 4 aromatic rings. The number of amides is 2. The Morgan fingerprint density at radius 1 is 1.03 bits per heavy atom. The van der Waals surface area contributed by atoms with Crippen molar-refractivity contribution in [2.45, 2.75) is 20.4 Å². The molecule has 4 rings (SSSR count). The number of pyridine rings is 2. The number of carbonyl (C=O) groups is 2. The van der Waals surface area contributed by atoms with Crippen molar-refractivity contribution in [3.05, 3.63) is 82.9 Å². The smallest absolute Gasteiger partial charge is 0.255 e. The highest BCUT2D eigenvalue weighted by Gasteiger charge is 2.17. The minimum atomic E-state index is -0.217. The SMILES string of the molecule is Cc1cc(C(=O)NCc2cccc(NC(=O)c3ccncc3)c2)c2c(C)nn(C)c2n1. The highest BCUT2D eigenvalue weighted by Crippen LogP contribution is 2.22. The number of fused-ring (bicyclic) bond motifs is 1. The van der Waals surface area contributed by atoms with Crippen molar-refractivity contribution in [1.29, 1.82) is 0 Å². The lowest BCUT2D eigenvalue weighted by molar-refractivity contribution is 0.0951. The lowest BCUT2D eigenvalue weighted by Gasteiger charge is -2.10. The van der Waals surface area contributed by atoms with Gasteiger partial charge < -0.3 is 10.6 Å². The normalized spacial score (nSPS) is 10.8. The number of aryl methyl sites for hydroxylation is 3. The zero-order valence-corrected chi connectivity index (χ0v) is 17.5. The third-order valence-electron chi connectivity index (χ3n) is 4.92. The van der Waals surface area contributed by atoms with E-state index in [0.717, 1.165) is 22.3 Å². The number of nitrogens with one attached hydrogen (secondary N) is 2. The maximum Gasteiger partial charge on any atom is 0.255 e. The van der Waals surface area contributed by atoms with Gasteiger partial charge in [0.1, 0.15) is 0 Å². The molecule has 0 atom stereocenters. The molecular formula is C23H22N6O2. The summed E-state index contributed by atoms with van der Waals surface area (Å²) >= 11 is 0. The van der Waals surface area contributed by atoms with Crippen LogP contribution in [-0.4, -0.2) is 31.6 Å². The highest BCUT2D eigenvalue weighted by atomic mass is 16.2. The number of aromatic nitrogens is 4. The van der Waals surface area contributed by atoms with Crippen molar-refractivity contribution in [2.75, 3.05) is 5.32 Å². The van der Waals surface area contributed by atoms with Gasteiger partial charge in [0.05, 0.1) is 16.6 Å². The second-order valence-corrected chi connectivity index (χ2v) is 7.29. The fraction of sp³-hybridized carbons (Fsp3) is 0.174. The van der Waals surface area contributed by atoms with E-state index in [-0.39, 0.29) is 11.8 Å². The predicted octanol–water partition coefficient (Wildman–Crippen LogP) is 3.16. The van der Waals surface area contributed by atoms with E-state index in [2.05, 4.69) is 25.7 Å². The van der Waals surface area contributed by atoms with E-state index < -0.39 is 0 Å². The number of anilines is 1. The minimum Gasteiger partial charge on any atom is -0.348 e. The van der Waals surface area contributed by atoms with Crippen LogP contribution in [0.2, 0.25) is 0 Å². The molecule has 0 unspecified atom stereocenters. The van der Waals surface area contributed by atoms with Crippen LogP contribution in [0.1, 0.15) is 37.7 Å². The van der Waals surface area contributed by atoms with Gasteiger partial charge in [0.15, 0.2) is 5.65 Å². The first-order valence-electron chi connectivity index (χ1n) is 9.82. The molecule has 31 heavy (non-hydrogen) atoms. The van der Waals surface area contributed by atoms with E-state index >= 15 is 0 Å². The second-order valence-electron chi connectivity index (χ2n) is 7.29. The van der Waals surface area contributed by atoms with Gasteiger partial charge in [0.25, 0.3) is 11.8 Å². The molecule has 0 aliphatic rings. The van der Waals surface area contributed by atoms with Crippen LogP contribution in [0.4, 0.5) is 5.69 Å². The molecule has 0 bridgehead atoms. The minimum absolute atomic E-state index is 0.196. The van der Waals surface area contributed by atoms with Crippen LogP contribution in [0.3, 0.4) is 0 Å². The van der Waals surface area contributed by atoms with Gasteiger partial charge in [-0.15, -0.1) is 0 Å². The van der Waals surface area contributed by atoms with Crippen molar-refractivity contribution in [2.24, 2.45) is 7.05 Å². The van der Waals surface area contributed by atoms with Crippen LogP contribution in [0.25, 0.3) is 11.0 Å². The van der Waals surface area contributed by atoms with Crippen molar-refractivity contribution in [3.8, 4) is 0 Å². The lowest BCUT2D eigenvalue weighted by atomic mass is 10.1. The van der Waals surface area contributed by atoms with E-state index in [1.165, 1.54) is 0 Å². The summed E-state index contributed by atoms with van der Waals surface area (Å²) in [6, 6.07) is 12.4. The van der Waals surface area contributed by atoms with E-state index in [1.54, 1.807) is 41.3 Å². The average molecular weight is 414 g/mol. The Bertz CT molecular complexity index is 1280.